The summed E-state index contributed by atoms with van der Waals surface area (Å²) in [7, 11) is -3.78. The lowest BCUT2D eigenvalue weighted by Gasteiger charge is -2.14. The summed E-state index contributed by atoms with van der Waals surface area (Å²) in [4.78, 5) is 12.2. The molecule has 0 saturated carbocycles. The van der Waals surface area contributed by atoms with E-state index >= 15 is 0 Å². The number of nitriles is 1. The fourth-order valence-corrected chi connectivity index (χ4v) is 3.21. The van der Waals surface area contributed by atoms with E-state index in [-0.39, 0.29) is 23.4 Å². The predicted octanol–water partition coefficient (Wildman–Crippen LogP) is 2.80. The van der Waals surface area contributed by atoms with Crippen LogP contribution < -0.4 is 4.72 Å². The summed E-state index contributed by atoms with van der Waals surface area (Å²) in [5, 5.41) is 8.48. The highest BCUT2D eigenvalue weighted by Crippen LogP contribution is 2.19. The smallest absolute Gasteiger partial charge is 0.338 e. The second-order valence-electron chi connectivity index (χ2n) is 5.29. The highest BCUT2D eigenvalue weighted by Gasteiger charge is 2.18. The Hall–Kier alpha value is -2.69. The number of benzene rings is 2. The monoisotopic (exact) mass is 358 g/mol. The van der Waals surface area contributed by atoms with Gasteiger partial charge in [-0.3, -0.25) is 0 Å². The number of esters is 1. The maximum absolute atomic E-state index is 12.3. The van der Waals surface area contributed by atoms with Crippen molar-refractivity contribution in [3.05, 3.63) is 65.7 Å². The largest absolute Gasteiger partial charge is 0.454 e. The minimum atomic E-state index is -3.78. The molecule has 7 heteroatoms. The summed E-state index contributed by atoms with van der Waals surface area (Å²) in [5.41, 5.74) is 0.990. The van der Waals surface area contributed by atoms with Crippen molar-refractivity contribution < 1.29 is 17.9 Å². The van der Waals surface area contributed by atoms with Gasteiger partial charge in [0.1, 0.15) is 6.10 Å². The Kier molecular flexibility index (Phi) is 6.28. The van der Waals surface area contributed by atoms with Crippen molar-refractivity contribution >= 4 is 16.0 Å². The number of ether oxygens (including phenoxy) is 1. The number of sulfonamides is 1. The molecule has 0 aliphatic heterocycles. The maximum atomic E-state index is 12.3. The van der Waals surface area contributed by atoms with Gasteiger partial charge in [-0.1, -0.05) is 36.4 Å². The van der Waals surface area contributed by atoms with E-state index in [1.807, 2.05) is 36.4 Å². The van der Waals surface area contributed by atoms with Crippen molar-refractivity contribution in [1.82, 2.24) is 4.72 Å². The van der Waals surface area contributed by atoms with Crippen LogP contribution in [-0.2, 0) is 14.8 Å². The van der Waals surface area contributed by atoms with Gasteiger partial charge in [0.25, 0.3) is 0 Å². The highest BCUT2D eigenvalue weighted by molar-refractivity contribution is 7.89. The molecule has 0 saturated heterocycles. The molecule has 6 nitrogen and oxygen atoms in total. The van der Waals surface area contributed by atoms with E-state index in [9.17, 15) is 13.2 Å². The van der Waals surface area contributed by atoms with Gasteiger partial charge in [0.05, 0.1) is 16.5 Å². The molecule has 0 heterocycles. The number of carbonyl (C=O) groups excluding carboxylic acids is 1. The first-order chi connectivity index (χ1) is 11.9. The molecule has 0 fully saturated rings. The van der Waals surface area contributed by atoms with Crippen LogP contribution in [0.25, 0.3) is 0 Å². The molecule has 0 aromatic heterocycles. The Morgan fingerprint density at radius 2 is 1.92 bits per heavy atom. The second kappa shape index (κ2) is 8.42. The molecule has 0 spiro atoms. The van der Waals surface area contributed by atoms with Gasteiger partial charge >= 0.3 is 5.97 Å². The van der Waals surface area contributed by atoms with Crippen molar-refractivity contribution in [3.63, 3.8) is 0 Å². The summed E-state index contributed by atoms with van der Waals surface area (Å²) in [6.07, 6.45) is -0.391. The molecule has 2 aromatic rings. The molecule has 1 atom stereocenters. The molecule has 0 amide bonds. The van der Waals surface area contributed by atoms with E-state index in [0.29, 0.717) is 0 Å². The first kappa shape index (κ1) is 18.6. The Labute approximate surface area is 147 Å². The predicted molar refractivity (Wildman–Crippen MR) is 92.1 cm³/mol. The molecule has 2 rings (SSSR count). The Balaban J connectivity index is 2.12. The Morgan fingerprint density at radius 3 is 2.60 bits per heavy atom. The van der Waals surface area contributed by atoms with Crippen LogP contribution in [0, 0.1) is 11.3 Å². The third-order valence-electron chi connectivity index (χ3n) is 3.46. The number of hydrogen-bond acceptors (Lipinski definition) is 5. The minimum Gasteiger partial charge on any atom is -0.454 e. The number of nitrogens with zero attached hydrogens (tertiary/aromatic N) is 1. The number of hydrogen-bond donors (Lipinski definition) is 1. The van der Waals surface area contributed by atoms with Crippen LogP contribution in [0.3, 0.4) is 0 Å². The molecule has 2 aromatic carbocycles. The average Bonchev–Trinajstić information content (AvgIpc) is 2.62. The van der Waals surface area contributed by atoms with E-state index < -0.39 is 22.1 Å². The lowest BCUT2D eigenvalue weighted by molar-refractivity contribution is 0.0337. The SMILES string of the molecule is CC(OC(=O)c1cccc(S(=O)(=O)NCCC#N)c1)c1ccccc1. The zero-order chi connectivity index (χ0) is 18.3. The number of nitrogens with one attached hydrogen (secondary N) is 1. The molecule has 130 valence electrons. The Morgan fingerprint density at radius 1 is 1.20 bits per heavy atom. The summed E-state index contributed by atoms with van der Waals surface area (Å²) in [5.74, 6) is -0.606. The third-order valence-corrected chi connectivity index (χ3v) is 4.92. The fourth-order valence-electron chi connectivity index (χ4n) is 2.14. The van der Waals surface area contributed by atoms with E-state index in [4.69, 9.17) is 10.00 Å². The van der Waals surface area contributed by atoms with Crippen LogP contribution in [0.4, 0.5) is 0 Å². The van der Waals surface area contributed by atoms with Crippen LogP contribution in [0.1, 0.15) is 35.4 Å². The zero-order valence-electron chi connectivity index (χ0n) is 13.7. The van der Waals surface area contributed by atoms with Gasteiger partial charge in [-0.05, 0) is 30.7 Å². The lowest BCUT2D eigenvalue weighted by Crippen LogP contribution is -2.24. The molecular formula is C18H18N2O4S. The van der Waals surface area contributed by atoms with Crippen molar-refractivity contribution in [1.29, 1.82) is 5.26 Å². The maximum Gasteiger partial charge on any atom is 0.338 e. The standard InChI is InChI=1S/C18H18N2O4S/c1-14(15-7-3-2-4-8-15)24-18(21)16-9-5-10-17(13-16)25(22,23)20-12-6-11-19/h2-5,7-10,13-14,20H,6,12H2,1H3. The zero-order valence-corrected chi connectivity index (χ0v) is 14.5. The Bertz CT molecular complexity index is 873. The van der Waals surface area contributed by atoms with E-state index in [2.05, 4.69) is 4.72 Å². The van der Waals surface area contributed by atoms with Crippen LogP contribution >= 0.6 is 0 Å². The van der Waals surface area contributed by atoms with Crippen LogP contribution in [0.15, 0.2) is 59.5 Å². The molecule has 1 unspecified atom stereocenters. The van der Waals surface area contributed by atoms with Gasteiger partial charge in [0.15, 0.2) is 0 Å². The molecule has 25 heavy (non-hydrogen) atoms. The van der Waals surface area contributed by atoms with Crippen molar-refractivity contribution in [2.75, 3.05) is 6.54 Å². The van der Waals surface area contributed by atoms with Gasteiger partial charge in [-0.25, -0.2) is 17.9 Å². The lowest BCUT2D eigenvalue weighted by atomic mass is 10.1. The summed E-state index contributed by atoms with van der Waals surface area (Å²) >= 11 is 0. The van der Waals surface area contributed by atoms with E-state index in [1.165, 1.54) is 24.3 Å². The molecule has 0 aliphatic carbocycles. The molecule has 1 N–H and O–H groups in total. The molecular weight excluding hydrogens is 340 g/mol. The number of rotatable bonds is 7. The summed E-state index contributed by atoms with van der Waals surface area (Å²) in [6.45, 7) is 1.76. The first-order valence-electron chi connectivity index (χ1n) is 7.66. The number of carbonyl (C=O) groups is 1. The molecule has 0 radical (unpaired) electrons. The highest BCUT2D eigenvalue weighted by atomic mass is 32.2. The van der Waals surface area contributed by atoms with Crippen molar-refractivity contribution in [2.24, 2.45) is 0 Å². The van der Waals surface area contributed by atoms with Gasteiger partial charge in [-0.2, -0.15) is 5.26 Å². The van der Waals surface area contributed by atoms with Gasteiger partial charge < -0.3 is 4.74 Å². The average molecular weight is 358 g/mol. The van der Waals surface area contributed by atoms with Crippen LogP contribution in [0.5, 0.6) is 0 Å². The molecule has 0 bridgehead atoms. The normalized spacial score (nSPS) is 12.2. The van der Waals surface area contributed by atoms with Crippen molar-refractivity contribution in [3.8, 4) is 6.07 Å². The van der Waals surface area contributed by atoms with Gasteiger partial charge in [0, 0.05) is 13.0 Å². The van der Waals surface area contributed by atoms with Gasteiger partial charge in [-0.15, -0.1) is 0 Å². The first-order valence-corrected chi connectivity index (χ1v) is 9.15. The summed E-state index contributed by atoms with van der Waals surface area (Å²) < 4.78 is 32.0. The van der Waals surface area contributed by atoms with E-state index in [1.54, 1.807) is 6.92 Å². The van der Waals surface area contributed by atoms with Gasteiger partial charge in [0.2, 0.25) is 10.0 Å². The van der Waals surface area contributed by atoms with E-state index in [0.717, 1.165) is 5.56 Å². The topological polar surface area (TPSA) is 96.3 Å². The fraction of sp³-hybridized carbons (Fsp3) is 0.222. The second-order valence-corrected chi connectivity index (χ2v) is 7.06. The van der Waals surface area contributed by atoms with Crippen LogP contribution in [-0.4, -0.2) is 20.9 Å². The van der Waals surface area contributed by atoms with Crippen LogP contribution in [0.2, 0.25) is 0 Å². The summed E-state index contributed by atoms with van der Waals surface area (Å²) in [6, 6.07) is 16.7. The minimum absolute atomic E-state index is 0.0124. The third kappa shape index (κ3) is 5.14. The molecule has 0 aliphatic rings. The quantitative estimate of drug-likeness (QED) is 0.606. The van der Waals surface area contributed by atoms with Crippen molar-refractivity contribution in [2.45, 2.75) is 24.3 Å².